The van der Waals surface area contributed by atoms with Crippen LogP contribution in [-0.4, -0.2) is 45.1 Å². The summed E-state index contributed by atoms with van der Waals surface area (Å²) in [6.45, 7) is 6.29. The Morgan fingerprint density at radius 1 is 1.16 bits per heavy atom. The molecule has 4 heterocycles. The summed E-state index contributed by atoms with van der Waals surface area (Å²) in [5.74, 6) is 0. The molecule has 1 aliphatic rings. The number of piperazine rings is 1. The number of nitriles is 2. The first-order valence-electron chi connectivity index (χ1n) is 10.2. The van der Waals surface area contributed by atoms with Crippen LogP contribution in [-0.2, 0) is 7.05 Å². The van der Waals surface area contributed by atoms with Gasteiger partial charge in [0, 0.05) is 45.0 Å². The van der Waals surface area contributed by atoms with Crippen molar-refractivity contribution in [3.8, 4) is 12.1 Å². The van der Waals surface area contributed by atoms with E-state index in [0.717, 1.165) is 12.2 Å². The molecule has 0 saturated carbocycles. The van der Waals surface area contributed by atoms with Crippen molar-refractivity contribution >= 4 is 16.7 Å². The van der Waals surface area contributed by atoms with E-state index in [1.807, 2.05) is 18.2 Å². The molecule has 0 amide bonds. The van der Waals surface area contributed by atoms with Gasteiger partial charge in [0.1, 0.15) is 28.9 Å². The fraction of sp³-hybridized carbons (Fsp3) is 0.348. The number of anilines is 1. The highest BCUT2D eigenvalue weighted by atomic mass is 16.1. The molecule has 31 heavy (non-hydrogen) atoms. The van der Waals surface area contributed by atoms with E-state index in [2.05, 4.69) is 45.8 Å². The molecule has 1 aliphatic heterocycles. The van der Waals surface area contributed by atoms with Gasteiger partial charge in [0.05, 0.1) is 16.9 Å². The van der Waals surface area contributed by atoms with Crippen LogP contribution >= 0.6 is 0 Å². The van der Waals surface area contributed by atoms with Crippen LogP contribution in [0.15, 0.2) is 41.3 Å². The number of nitrogens with zero attached hydrogens (tertiary/aromatic N) is 7. The smallest absolute Gasteiger partial charge is 0.270 e. The molecule has 1 fully saturated rings. The van der Waals surface area contributed by atoms with Gasteiger partial charge in [-0.3, -0.25) is 14.7 Å². The zero-order valence-corrected chi connectivity index (χ0v) is 17.8. The Hall–Kier alpha value is -3.75. The van der Waals surface area contributed by atoms with Crippen LogP contribution in [0.5, 0.6) is 0 Å². The van der Waals surface area contributed by atoms with Crippen LogP contribution in [0.1, 0.15) is 36.8 Å². The van der Waals surface area contributed by atoms with Crippen LogP contribution in [0.25, 0.3) is 11.0 Å². The molecule has 2 atom stereocenters. The van der Waals surface area contributed by atoms with Gasteiger partial charge in [0.2, 0.25) is 0 Å². The van der Waals surface area contributed by atoms with Crippen molar-refractivity contribution in [1.29, 1.82) is 10.5 Å². The summed E-state index contributed by atoms with van der Waals surface area (Å²) in [6, 6.07) is 13.7. The van der Waals surface area contributed by atoms with Crippen molar-refractivity contribution in [2.24, 2.45) is 7.05 Å². The average molecular weight is 413 g/mol. The van der Waals surface area contributed by atoms with Crippen LogP contribution < -0.4 is 10.5 Å². The van der Waals surface area contributed by atoms with Gasteiger partial charge >= 0.3 is 0 Å². The van der Waals surface area contributed by atoms with Crippen molar-refractivity contribution in [2.75, 3.05) is 24.5 Å². The Bertz CT molecular complexity index is 1270. The van der Waals surface area contributed by atoms with E-state index < -0.39 is 0 Å². The van der Waals surface area contributed by atoms with Crippen LogP contribution in [0.2, 0.25) is 0 Å². The maximum Gasteiger partial charge on any atom is 0.270 e. The summed E-state index contributed by atoms with van der Waals surface area (Å²) in [7, 11) is 1.62. The largest absolute Gasteiger partial charge is 0.366 e. The second-order valence-electron chi connectivity index (χ2n) is 7.84. The Labute approximate surface area is 180 Å². The van der Waals surface area contributed by atoms with Gasteiger partial charge in [-0.05, 0) is 38.1 Å². The molecule has 8 nitrogen and oxygen atoms in total. The number of pyridine rings is 3. The van der Waals surface area contributed by atoms with Gasteiger partial charge in [-0.25, -0.2) is 4.98 Å². The molecule has 0 N–H and O–H groups in total. The van der Waals surface area contributed by atoms with Crippen molar-refractivity contribution in [3.63, 3.8) is 0 Å². The van der Waals surface area contributed by atoms with Crippen molar-refractivity contribution in [1.82, 2.24) is 19.4 Å². The quantitative estimate of drug-likeness (QED) is 0.649. The van der Waals surface area contributed by atoms with E-state index in [1.165, 1.54) is 4.57 Å². The molecule has 1 saturated heterocycles. The third kappa shape index (κ3) is 3.52. The van der Waals surface area contributed by atoms with Crippen LogP contribution in [0, 0.1) is 22.7 Å². The second-order valence-corrected chi connectivity index (χ2v) is 7.84. The Morgan fingerprint density at radius 3 is 2.61 bits per heavy atom. The number of aromatic nitrogens is 3. The van der Waals surface area contributed by atoms with Gasteiger partial charge in [-0.2, -0.15) is 10.5 Å². The van der Waals surface area contributed by atoms with E-state index in [-0.39, 0.29) is 28.9 Å². The van der Waals surface area contributed by atoms with Crippen molar-refractivity contribution in [2.45, 2.75) is 25.9 Å². The zero-order valence-electron chi connectivity index (χ0n) is 17.8. The van der Waals surface area contributed by atoms with E-state index in [1.54, 1.807) is 25.4 Å². The SMILES string of the molecule is CC(c1ccccn1)N1CCN(c2c(C#N)c(=O)n(C)c3ccc(C#N)nc23)C[C@H]1C. The molecule has 3 aromatic rings. The van der Waals surface area contributed by atoms with Gasteiger partial charge < -0.3 is 9.47 Å². The highest BCUT2D eigenvalue weighted by molar-refractivity contribution is 5.92. The lowest BCUT2D eigenvalue weighted by Gasteiger charge is -2.44. The minimum atomic E-state index is -0.353. The van der Waals surface area contributed by atoms with Gasteiger partial charge in [0.15, 0.2) is 0 Å². The number of rotatable bonds is 3. The van der Waals surface area contributed by atoms with Crippen LogP contribution in [0.4, 0.5) is 5.69 Å². The fourth-order valence-corrected chi connectivity index (χ4v) is 4.41. The number of fused-ring (bicyclic) bond motifs is 1. The molecular formula is C23H23N7O. The minimum absolute atomic E-state index is 0.0658. The van der Waals surface area contributed by atoms with Crippen molar-refractivity contribution < 1.29 is 0 Å². The molecule has 0 aliphatic carbocycles. The Balaban J connectivity index is 1.75. The zero-order chi connectivity index (χ0) is 22.1. The maximum absolute atomic E-state index is 12.9. The average Bonchev–Trinajstić information content (AvgIpc) is 2.80. The number of hydrogen-bond acceptors (Lipinski definition) is 7. The summed E-state index contributed by atoms with van der Waals surface area (Å²) < 4.78 is 1.42. The van der Waals surface area contributed by atoms with Gasteiger partial charge in [-0.15, -0.1) is 0 Å². The highest BCUT2D eigenvalue weighted by Gasteiger charge is 2.31. The normalized spacial score (nSPS) is 17.8. The van der Waals surface area contributed by atoms with Crippen molar-refractivity contribution in [3.05, 3.63) is 63.8 Å². The lowest BCUT2D eigenvalue weighted by Crippen LogP contribution is -2.53. The lowest BCUT2D eigenvalue weighted by atomic mass is 10.1. The molecule has 1 unspecified atom stereocenters. The Kier molecular flexibility index (Phi) is 5.41. The standard InChI is InChI=1S/C23H23N7O/c1-15-14-29(10-11-30(15)16(2)19-6-4-5-9-26-19)22-18(13-25)23(31)28(3)20-8-7-17(12-24)27-21(20)22/h4-9,15-16H,10-11,14H2,1-3H3/t15-,16?/m1/s1. The second kappa shape index (κ2) is 8.17. The molecule has 4 rings (SSSR count). The van der Waals surface area contributed by atoms with E-state index in [0.29, 0.717) is 29.8 Å². The first-order valence-corrected chi connectivity index (χ1v) is 10.2. The molecule has 3 aromatic heterocycles. The molecule has 0 bridgehead atoms. The predicted molar refractivity (Wildman–Crippen MR) is 117 cm³/mol. The topological polar surface area (TPSA) is 102 Å². The third-order valence-corrected chi connectivity index (χ3v) is 6.05. The lowest BCUT2D eigenvalue weighted by molar-refractivity contribution is 0.136. The molecule has 0 spiro atoms. The maximum atomic E-state index is 12.9. The predicted octanol–water partition coefficient (Wildman–Crippen LogP) is 2.34. The minimum Gasteiger partial charge on any atom is -0.366 e. The third-order valence-electron chi connectivity index (χ3n) is 6.05. The molecule has 8 heteroatoms. The fourth-order valence-electron chi connectivity index (χ4n) is 4.41. The molecule has 0 radical (unpaired) electrons. The van der Waals surface area contributed by atoms with E-state index >= 15 is 0 Å². The van der Waals surface area contributed by atoms with Gasteiger partial charge in [0.25, 0.3) is 5.56 Å². The molecular weight excluding hydrogens is 390 g/mol. The molecule has 0 aromatic carbocycles. The summed E-state index contributed by atoms with van der Waals surface area (Å²) in [4.78, 5) is 26.3. The number of aryl methyl sites for hydroxylation is 1. The van der Waals surface area contributed by atoms with Gasteiger partial charge in [-0.1, -0.05) is 6.07 Å². The summed E-state index contributed by atoms with van der Waals surface area (Å²) in [5.41, 5.74) is 2.62. The Morgan fingerprint density at radius 2 is 1.97 bits per heavy atom. The summed E-state index contributed by atoms with van der Waals surface area (Å²) >= 11 is 0. The van der Waals surface area contributed by atoms with Crippen LogP contribution in [0.3, 0.4) is 0 Å². The summed E-state index contributed by atoms with van der Waals surface area (Å²) in [5, 5.41) is 19.1. The molecule has 156 valence electrons. The summed E-state index contributed by atoms with van der Waals surface area (Å²) in [6.07, 6.45) is 1.80. The first kappa shape index (κ1) is 20.5. The number of hydrogen-bond donors (Lipinski definition) is 0. The first-order chi connectivity index (χ1) is 15.0. The highest BCUT2D eigenvalue weighted by Crippen LogP contribution is 2.31. The van der Waals surface area contributed by atoms with E-state index in [4.69, 9.17) is 0 Å². The monoisotopic (exact) mass is 413 g/mol. The van der Waals surface area contributed by atoms with E-state index in [9.17, 15) is 15.3 Å².